The molecule has 9 heavy (non-hydrogen) atoms. The lowest BCUT2D eigenvalue weighted by Gasteiger charge is -1.92. The van der Waals surface area contributed by atoms with Gasteiger partial charge in [0.15, 0.2) is 0 Å². The van der Waals surface area contributed by atoms with Crippen LogP contribution < -0.4 is 10.4 Å². The van der Waals surface area contributed by atoms with Crippen LogP contribution >= 0.6 is 0 Å². The van der Waals surface area contributed by atoms with Crippen molar-refractivity contribution in [2.45, 2.75) is 0 Å². The molecule has 1 unspecified atom stereocenters. The highest BCUT2D eigenvalue weighted by Gasteiger charge is 1.94. The Balaban J connectivity index is 4.33. The third-order valence-corrected chi connectivity index (χ3v) is 0.916. The smallest absolute Gasteiger partial charge is 0.337 e. The van der Waals surface area contributed by atoms with Crippen molar-refractivity contribution < 1.29 is 9.00 Å². The average molecular weight is 147 g/mol. The van der Waals surface area contributed by atoms with Crippen LogP contribution in [0.25, 0.3) is 0 Å². The molecule has 0 rings (SSSR count). The van der Waals surface area contributed by atoms with E-state index in [4.69, 9.17) is 5.14 Å². The van der Waals surface area contributed by atoms with Gasteiger partial charge < -0.3 is 5.23 Å². The summed E-state index contributed by atoms with van der Waals surface area (Å²) in [4.78, 5) is 10.2. The van der Waals surface area contributed by atoms with Crippen molar-refractivity contribution in [3.05, 3.63) is 0 Å². The molecule has 0 spiro atoms. The zero-order valence-electron chi connectivity index (χ0n) is 4.83. The fourth-order valence-corrected chi connectivity index (χ4v) is 0.573. The summed E-state index contributed by atoms with van der Waals surface area (Å²) in [6.45, 7) is 0. The molecule has 1 atom stereocenters. The average Bonchev–Trinajstić information content (AvgIpc) is 1.62. The Labute approximate surface area is 54.7 Å². The predicted molar refractivity (Wildman–Crippen MR) is 35.0 cm³/mol. The van der Waals surface area contributed by atoms with E-state index < -0.39 is 15.9 Å². The van der Waals surface area contributed by atoms with Crippen molar-refractivity contribution in [1.82, 2.24) is 5.23 Å². The molecule has 0 aromatic heterocycles. The number of nitrogens with zero attached hydrogens (tertiary/aromatic N) is 1. The minimum atomic E-state index is -2.85. The van der Waals surface area contributed by atoms with Gasteiger partial charge in [0.1, 0.15) is 9.92 Å². The summed E-state index contributed by atoms with van der Waals surface area (Å²) >= 11 is 0. The molecule has 2 amide bonds. The van der Waals surface area contributed by atoms with Gasteiger partial charge in [-0.3, -0.25) is 0 Å². The number of urea groups is 1. The molecule has 3 N–H and O–H groups in total. The summed E-state index contributed by atoms with van der Waals surface area (Å²) in [6.07, 6.45) is 1.13. The molecule has 0 aromatic carbocycles. The number of rotatable bonds is 0. The Kier molecular flexibility index (Phi) is 2.66. The molecule has 0 heterocycles. The number of hydrogen-bond donors (Lipinski definition) is 2. The van der Waals surface area contributed by atoms with E-state index in [0.717, 1.165) is 6.26 Å². The zero-order chi connectivity index (χ0) is 7.49. The van der Waals surface area contributed by atoms with Crippen LogP contribution in [-0.4, -0.2) is 24.5 Å². The number of carbonyl (C=O) groups is 1. The first-order valence-electron chi connectivity index (χ1n) is 1.96. The molecule has 0 bridgehead atoms. The van der Waals surface area contributed by atoms with Crippen LogP contribution in [0.4, 0.5) is 4.79 Å². The van der Waals surface area contributed by atoms with E-state index in [9.17, 15) is 9.00 Å². The van der Waals surface area contributed by atoms with Crippen LogP contribution in [0.5, 0.6) is 0 Å². The quantitative estimate of drug-likeness (QED) is 0.419. The molecule has 0 aliphatic rings. The van der Waals surface area contributed by atoms with Crippen molar-refractivity contribution in [3.63, 3.8) is 0 Å². The van der Waals surface area contributed by atoms with Gasteiger partial charge in [-0.1, -0.05) is 0 Å². The maximum Gasteiger partial charge on any atom is 0.337 e. The monoisotopic (exact) mass is 147 g/mol. The first-order chi connectivity index (χ1) is 3.95. The first-order valence-corrected chi connectivity index (χ1v) is 3.95. The first kappa shape index (κ1) is 8.44. The second-order valence-corrected chi connectivity index (χ2v) is 3.31. The van der Waals surface area contributed by atoms with Crippen molar-refractivity contribution >= 4 is 23.9 Å². The van der Waals surface area contributed by atoms with E-state index in [1.54, 1.807) is 5.23 Å². The molecule has 5 nitrogen and oxygen atoms in total. The Bertz CT molecular complexity index is 210. The molecule has 50 valence electrons. The summed E-state index contributed by atoms with van der Waals surface area (Å²) in [6, 6.07) is -0.884. The fraction of sp³-hybridized carbons (Fsp3) is 0.500. The minimum absolute atomic E-state index is 0.884. The van der Waals surface area contributed by atoms with Crippen LogP contribution in [0, 0.1) is 0 Å². The van der Waals surface area contributed by atoms with Gasteiger partial charge in [-0.2, -0.15) is 0 Å². The van der Waals surface area contributed by atoms with Gasteiger partial charge in [0.25, 0.3) is 0 Å². The van der Waals surface area contributed by atoms with Crippen LogP contribution in [0.2, 0.25) is 0 Å². The summed E-state index contributed by atoms with van der Waals surface area (Å²) in [7, 11) is 1.75. The maximum atomic E-state index is 10.5. The van der Waals surface area contributed by atoms with Crippen LogP contribution in [-0.2, 0) is 9.92 Å². The molecule has 0 saturated carbocycles. The van der Waals surface area contributed by atoms with E-state index in [0.29, 0.717) is 0 Å². The highest BCUT2D eigenvalue weighted by molar-refractivity contribution is 7.91. The van der Waals surface area contributed by atoms with Gasteiger partial charge in [-0.05, 0) is 0 Å². The highest BCUT2D eigenvalue weighted by Crippen LogP contribution is 1.78. The summed E-state index contributed by atoms with van der Waals surface area (Å²) in [5.41, 5.74) is 0. The zero-order valence-corrected chi connectivity index (χ0v) is 5.64. The molecule has 0 aliphatic heterocycles. The van der Waals surface area contributed by atoms with Gasteiger partial charge in [-0.15, -0.1) is 4.36 Å². The van der Waals surface area contributed by atoms with Crippen molar-refractivity contribution in [2.24, 2.45) is 9.50 Å². The maximum absolute atomic E-state index is 10.5. The highest BCUT2D eigenvalue weighted by atomic mass is 32.2. The lowest BCUT2D eigenvalue weighted by molar-refractivity contribution is 0.254. The lowest BCUT2D eigenvalue weighted by Crippen LogP contribution is -2.20. The fourth-order valence-electron chi connectivity index (χ4n) is 0.191. The molecule has 2 radical (unpaired) electrons. The van der Waals surface area contributed by atoms with Gasteiger partial charge in [0.05, 0.1) is 0 Å². The molecular weight excluding hydrogens is 141 g/mol. The SMILES string of the molecule is [B]NC(=O)N=S(C)(N)=O. The topological polar surface area (TPSA) is 84.6 Å². The summed E-state index contributed by atoms with van der Waals surface area (Å²) in [5, 5.41) is 6.51. The van der Waals surface area contributed by atoms with Gasteiger partial charge >= 0.3 is 6.03 Å². The van der Waals surface area contributed by atoms with Crippen LogP contribution in [0.1, 0.15) is 0 Å². The van der Waals surface area contributed by atoms with Crippen LogP contribution in [0.3, 0.4) is 0 Å². The van der Waals surface area contributed by atoms with Crippen LogP contribution in [0.15, 0.2) is 4.36 Å². The summed E-state index contributed by atoms with van der Waals surface area (Å²) in [5.74, 6) is 0. The van der Waals surface area contributed by atoms with Gasteiger partial charge in [0.2, 0.25) is 7.98 Å². The molecule has 0 fully saturated rings. The molecule has 0 aromatic rings. The third kappa shape index (κ3) is 5.31. The van der Waals surface area contributed by atoms with E-state index in [2.05, 4.69) is 12.3 Å². The largest absolute Gasteiger partial charge is 0.389 e. The number of hydrogen-bond acceptors (Lipinski definition) is 2. The normalized spacial score (nSPS) is 15.8. The molecule has 0 saturated heterocycles. The second kappa shape index (κ2) is 2.83. The van der Waals surface area contributed by atoms with Crippen molar-refractivity contribution in [2.75, 3.05) is 6.26 Å². The van der Waals surface area contributed by atoms with E-state index in [1.165, 1.54) is 0 Å². The summed E-state index contributed by atoms with van der Waals surface area (Å²) < 4.78 is 13.4. The van der Waals surface area contributed by atoms with E-state index >= 15 is 0 Å². The second-order valence-electron chi connectivity index (χ2n) is 1.40. The third-order valence-electron chi connectivity index (χ3n) is 0.388. The number of carbonyl (C=O) groups excluding carboxylic acids is 1. The standard InChI is InChI=1S/C2H6BN3O2S/c1-9(4,8)6-2(7)5-3/h1H3,(H3,4,5,6,7,8). The minimum Gasteiger partial charge on any atom is -0.389 e. The Morgan fingerprint density at radius 3 is 2.44 bits per heavy atom. The van der Waals surface area contributed by atoms with E-state index in [1.807, 2.05) is 0 Å². The van der Waals surface area contributed by atoms with Crippen molar-refractivity contribution in [1.29, 1.82) is 0 Å². The molecule has 7 heteroatoms. The molecular formula is C2H6BN3O2S. The number of amides is 2. The predicted octanol–water partition coefficient (Wildman–Crippen LogP) is -1.25. The lowest BCUT2D eigenvalue weighted by atomic mass is 10.4. The number of nitrogens with two attached hydrogens (primary N) is 1. The van der Waals surface area contributed by atoms with Gasteiger partial charge in [0, 0.05) is 6.26 Å². The Hall–Kier alpha value is -0.555. The Morgan fingerprint density at radius 2 is 2.33 bits per heavy atom. The molecule has 0 aliphatic carbocycles. The van der Waals surface area contributed by atoms with Crippen molar-refractivity contribution in [3.8, 4) is 0 Å². The Morgan fingerprint density at radius 1 is 1.89 bits per heavy atom. The number of nitrogens with one attached hydrogen (secondary N) is 1. The van der Waals surface area contributed by atoms with E-state index in [-0.39, 0.29) is 0 Å². The van der Waals surface area contributed by atoms with Gasteiger partial charge in [-0.25, -0.2) is 14.1 Å².